The summed E-state index contributed by atoms with van der Waals surface area (Å²) in [5.41, 5.74) is 1.99. The summed E-state index contributed by atoms with van der Waals surface area (Å²) in [7, 11) is 1.98. The smallest absolute Gasteiger partial charge is 0.186 e. The van der Waals surface area contributed by atoms with E-state index in [-0.39, 0.29) is 0 Å². The van der Waals surface area contributed by atoms with Gasteiger partial charge in [0.05, 0.1) is 22.8 Å². The number of carbonyl (C=O) groups is 1. The fraction of sp³-hybridized carbons (Fsp3) is 0.357. The molecule has 5 heteroatoms. The monoisotopic (exact) mass is 273 g/mol. The molecule has 0 unspecified atom stereocenters. The maximum atomic E-state index is 11.1. The summed E-state index contributed by atoms with van der Waals surface area (Å²) in [6, 6.07) is 5.87. The molecule has 0 radical (unpaired) electrons. The molecule has 4 nitrogen and oxygen atoms in total. The van der Waals surface area contributed by atoms with Crippen LogP contribution in [0.25, 0.3) is 0 Å². The number of aldehydes is 1. The molecule has 3 rings (SSSR count). The van der Waals surface area contributed by atoms with Crippen molar-refractivity contribution in [2.75, 3.05) is 11.9 Å². The van der Waals surface area contributed by atoms with Crippen molar-refractivity contribution < 1.29 is 4.79 Å². The van der Waals surface area contributed by atoms with Crippen LogP contribution in [-0.2, 0) is 6.54 Å². The SMILES string of the molecule is CN(Cc1ccccn1)c1nc(C2CC2)c(C=O)s1. The van der Waals surface area contributed by atoms with E-state index in [2.05, 4.69) is 9.97 Å². The Bertz CT molecular complexity index is 578. The van der Waals surface area contributed by atoms with Crippen LogP contribution in [0.5, 0.6) is 0 Å². The predicted octanol–water partition coefficient (Wildman–Crippen LogP) is 2.86. The first kappa shape index (κ1) is 12.3. The maximum absolute atomic E-state index is 11.1. The van der Waals surface area contributed by atoms with Gasteiger partial charge in [0.2, 0.25) is 0 Å². The number of rotatable bonds is 5. The van der Waals surface area contributed by atoms with Crippen LogP contribution < -0.4 is 4.90 Å². The van der Waals surface area contributed by atoms with Gasteiger partial charge in [-0.3, -0.25) is 9.78 Å². The standard InChI is InChI=1S/C14H15N3OS/c1-17(8-11-4-2-3-7-15-11)14-16-13(10-5-6-10)12(9-18)19-14/h2-4,7,9-10H,5-6,8H2,1H3. The molecular formula is C14H15N3OS. The highest BCUT2D eigenvalue weighted by atomic mass is 32.1. The molecule has 98 valence electrons. The average Bonchev–Trinajstić information content (AvgIpc) is 3.19. The van der Waals surface area contributed by atoms with Crippen molar-refractivity contribution in [1.82, 2.24) is 9.97 Å². The molecular weight excluding hydrogens is 258 g/mol. The van der Waals surface area contributed by atoms with E-state index in [0.29, 0.717) is 12.5 Å². The molecule has 0 aliphatic heterocycles. The summed E-state index contributed by atoms with van der Waals surface area (Å²) in [5, 5.41) is 0.898. The van der Waals surface area contributed by atoms with Crippen LogP contribution >= 0.6 is 11.3 Å². The van der Waals surface area contributed by atoms with E-state index in [1.807, 2.05) is 30.1 Å². The fourth-order valence-electron chi connectivity index (χ4n) is 2.03. The first-order chi connectivity index (χ1) is 9.28. The van der Waals surface area contributed by atoms with Gasteiger partial charge in [-0.05, 0) is 25.0 Å². The van der Waals surface area contributed by atoms with Crippen molar-refractivity contribution >= 4 is 22.8 Å². The van der Waals surface area contributed by atoms with Gasteiger partial charge in [0.1, 0.15) is 0 Å². The molecule has 0 N–H and O–H groups in total. The Morgan fingerprint density at radius 2 is 2.32 bits per heavy atom. The van der Waals surface area contributed by atoms with E-state index in [4.69, 9.17) is 0 Å². The summed E-state index contributed by atoms with van der Waals surface area (Å²) < 4.78 is 0. The molecule has 0 spiro atoms. The molecule has 2 aromatic rings. The lowest BCUT2D eigenvalue weighted by Gasteiger charge is -2.14. The summed E-state index contributed by atoms with van der Waals surface area (Å²) in [4.78, 5) is 22.9. The highest BCUT2D eigenvalue weighted by Crippen LogP contribution is 2.43. The maximum Gasteiger partial charge on any atom is 0.186 e. The van der Waals surface area contributed by atoms with Gasteiger partial charge in [0.15, 0.2) is 11.4 Å². The summed E-state index contributed by atoms with van der Waals surface area (Å²) in [5.74, 6) is 0.508. The molecule has 1 fully saturated rings. The summed E-state index contributed by atoms with van der Waals surface area (Å²) >= 11 is 1.47. The number of hydrogen-bond acceptors (Lipinski definition) is 5. The van der Waals surface area contributed by atoms with Gasteiger partial charge in [0, 0.05) is 19.2 Å². The van der Waals surface area contributed by atoms with Gasteiger partial charge in [-0.1, -0.05) is 17.4 Å². The normalized spacial score (nSPS) is 14.4. The van der Waals surface area contributed by atoms with Gasteiger partial charge >= 0.3 is 0 Å². The molecule has 0 amide bonds. The molecule has 2 aromatic heterocycles. The predicted molar refractivity (Wildman–Crippen MR) is 75.8 cm³/mol. The van der Waals surface area contributed by atoms with Crippen LogP contribution in [0.1, 0.15) is 39.8 Å². The van der Waals surface area contributed by atoms with Crippen LogP contribution in [0.15, 0.2) is 24.4 Å². The number of nitrogens with zero attached hydrogens (tertiary/aromatic N) is 3. The minimum absolute atomic E-state index is 0.508. The lowest BCUT2D eigenvalue weighted by molar-refractivity contribution is 0.112. The van der Waals surface area contributed by atoms with Crippen LogP contribution in [0.2, 0.25) is 0 Å². The molecule has 1 saturated carbocycles. The van der Waals surface area contributed by atoms with Crippen LogP contribution in [0.4, 0.5) is 5.13 Å². The lowest BCUT2D eigenvalue weighted by atomic mass is 10.3. The number of anilines is 1. The third kappa shape index (κ3) is 2.66. The van der Waals surface area contributed by atoms with Crippen LogP contribution in [0.3, 0.4) is 0 Å². The van der Waals surface area contributed by atoms with E-state index in [0.717, 1.165) is 40.5 Å². The molecule has 1 aliphatic carbocycles. The molecule has 19 heavy (non-hydrogen) atoms. The quantitative estimate of drug-likeness (QED) is 0.786. The van der Waals surface area contributed by atoms with E-state index >= 15 is 0 Å². The number of pyridine rings is 1. The number of carbonyl (C=O) groups excluding carboxylic acids is 1. The number of hydrogen-bond donors (Lipinski definition) is 0. The van der Waals surface area contributed by atoms with Crippen molar-refractivity contribution in [1.29, 1.82) is 0 Å². The third-order valence-electron chi connectivity index (χ3n) is 3.19. The molecule has 2 heterocycles. The Morgan fingerprint density at radius 3 is 2.95 bits per heavy atom. The first-order valence-corrected chi connectivity index (χ1v) is 7.16. The van der Waals surface area contributed by atoms with Crippen molar-refractivity contribution in [3.8, 4) is 0 Å². The third-order valence-corrected chi connectivity index (χ3v) is 4.30. The largest absolute Gasteiger partial charge is 0.345 e. The van der Waals surface area contributed by atoms with Crippen molar-refractivity contribution in [2.45, 2.75) is 25.3 Å². The molecule has 1 aliphatic rings. The minimum Gasteiger partial charge on any atom is -0.345 e. The molecule has 0 aromatic carbocycles. The van der Waals surface area contributed by atoms with E-state index < -0.39 is 0 Å². The van der Waals surface area contributed by atoms with Crippen molar-refractivity contribution in [3.05, 3.63) is 40.7 Å². The Balaban J connectivity index is 1.79. The first-order valence-electron chi connectivity index (χ1n) is 6.35. The van der Waals surface area contributed by atoms with Gasteiger partial charge in [-0.2, -0.15) is 0 Å². The van der Waals surface area contributed by atoms with E-state index in [1.165, 1.54) is 11.3 Å². The zero-order chi connectivity index (χ0) is 13.2. The second-order valence-corrected chi connectivity index (χ2v) is 5.82. The molecule has 0 bridgehead atoms. The fourth-order valence-corrected chi connectivity index (χ4v) is 2.96. The van der Waals surface area contributed by atoms with Gasteiger partial charge in [0.25, 0.3) is 0 Å². The van der Waals surface area contributed by atoms with Crippen LogP contribution in [-0.4, -0.2) is 23.3 Å². The summed E-state index contributed by atoms with van der Waals surface area (Å²) in [6.07, 6.45) is 5.04. The Labute approximate surface area is 116 Å². The Morgan fingerprint density at radius 1 is 1.47 bits per heavy atom. The van der Waals surface area contributed by atoms with Crippen molar-refractivity contribution in [2.24, 2.45) is 0 Å². The van der Waals surface area contributed by atoms with Gasteiger partial charge in [-0.25, -0.2) is 4.98 Å². The number of aromatic nitrogens is 2. The van der Waals surface area contributed by atoms with Crippen LogP contribution in [0, 0.1) is 0 Å². The second-order valence-electron chi connectivity index (χ2n) is 4.82. The molecule has 0 atom stereocenters. The van der Waals surface area contributed by atoms with E-state index in [1.54, 1.807) is 6.20 Å². The Hall–Kier alpha value is -1.75. The topological polar surface area (TPSA) is 46.1 Å². The Kier molecular flexibility index (Phi) is 3.29. The zero-order valence-electron chi connectivity index (χ0n) is 10.7. The highest BCUT2D eigenvalue weighted by molar-refractivity contribution is 7.17. The average molecular weight is 273 g/mol. The lowest BCUT2D eigenvalue weighted by Crippen LogP contribution is -2.16. The zero-order valence-corrected chi connectivity index (χ0v) is 11.6. The molecule has 0 saturated heterocycles. The minimum atomic E-state index is 0.508. The van der Waals surface area contributed by atoms with E-state index in [9.17, 15) is 4.79 Å². The second kappa shape index (κ2) is 5.09. The van der Waals surface area contributed by atoms with Gasteiger partial charge < -0.3 is 4.90 Å². The van der Waals surface area contributed by atoms with Crippen molar-refractivity contribution in [3.63, 3.8) is 0 Å². The number of thiazole rings is 1. The summed E-state index contributed by atoms with van der Waals surface area (Å²) in [6.45, 7) is 0.705. The highest BCUT2D eigenvalue weighted by Gasteiger charge is 2.30. The van der Waals surface area contributed by atoms with Gasteiger partial charge in [-0.15, -0.1) is 0 Å².